The first-order chi connectivity index (χ1) is 14.1. The molecule has 0 aromatic heterocycles. The topological polar surface area (TPSA) is 115 Å². The summed E-state index contributed by atoms with van der Waals surface area (Å²) in [5.74, 6) is -0.424. The standard InChI is InChI=1S/C21H23N5O3/c27-20(25-15(11-23-21(28)29)8-13-4-2-1-3-5-13)16-9-14-10-24-26-18-6-7-22-12-17(16)19(14)18/h1-7,10,15-16,23-24,26H,8-9,11-12H2,(H,25,27)(H,28,29)/t15-,16?/m0/s1. The van der Waals surface area contributed by atoms with Crippen molar-refractivity contribution in [3.8, 4) is 0 Å². The van der Waals surface area contributed by atoms with Crippen molar-refractivity contribution in [2.45, 2.75) is 18.9 Å². The average molecular weight is 393 g/mol. The molecule has 8 nitrogen and oxygen atoms in total. The number of rotatable bonds is 6. The SMILES string of the molecule is O=C(O)NC[C@H](Cc1ccccc1)NC(=O)C1CC2=CNNC3=CC=NCC1=C23. The van der Waals surface area contributed by atoms with Gasteiger partial charge >= 0.3 is 6.09 Å². The maximum Gasteiger partial charge on any atom is 0.404 e. The quantitative estimate of drug-likeness (QED) is 0.499. The highest BCUT2D eigenvalue weighted by Crippen LogP contribution is 2.41. The second-order valence-electron chi connectivity index (χ2n) is 7.25. The number of hydrazine groups is 1. The van der Waals surface area contributed by atoms with Crippen LogP contribution in [0.15, 0.2) is 70.0 Å². The van der Waals surface area contributed by atoms with Crippen LogP contribution in [0.5, 0.6) is 0 Å². The number of amides is 2. The number of allylic oxidation sites excluding steroid dienone is 2. The molecule has 4 rings (SSSR count). The van der Waals surface area contributed by atoms with Crippen molar-refractivity contribution in [3.05, 3.63) is 70.6 Å². The van der Waals surface area contributed by atoms with Gasteiger partial charge in [0.2, 0.25) is 5.91 Å². The van der Waals surface area contributed by atoms with E-state index in [1.807, 2.05) is 42.6 Å². The normalized spacial score (nSPS) is 20.3. The summed E-state index contributed by atoms with van der Waals surface area (Å²) in [6.45, 7) is 0.618. The third-order valence-electron chi connectivity index (χ3n) is 5.31. The first-order valence-electron chi connectivity index (χ1n) is 9.57. The monoisotopic (exact) mass is 393 g/mol. The molecule has 2 atom stereocenters. The van der Waals surface area contributed by atoms with E-state index in [0.29, 0.717) is 19.4 Å². The molecule has 0 spiro atoms. The molecule has 150 valence electrons. The van der Waals surface area contributed by atoms with E-state index in [4.69, 9.17) is 5.11 Å². The second kappa shape index (κ2) is 8.22. The molecule has 0 bridgehead atoms. The molecule has 1 aromatic rings. The van der Waals surface area contributed by atoms with Crippen LogP contribution in [0.1, 0.15) is 12.0 Å². The third kappa shape index (κ3) is 4.16. The van der Waals surface area contributed by atoms with Crippen LogP contribution in [0.3, 0.4) is 0 Å². The number of nitrogens with one attached hydrogen (secondary N) is 4. The Bertz CT molecular complexity index is 933. The van der Waals surface area contributed by atoms with Gasteiger partial charge in [-0.1, -0.05) is 30.3 Å². The Morgan fingerprint density at radius 2 is 2.10 bits per heavy atom. The highest BCUT2D eigenvalue weighted by molar-refractivity contribution is 5.87. The lowest BCUT2D eigenvalue weighted by Crippen LogP contribution is -2.46. The molecule has 0 radical (unpaired) electrons. The van der Waals surface area contributed by atoms with Crippen LogP contribution in [-0.4, -0.2) is 42.5 Å². The molecule has 0 saturated carbocycles. The number of carboxylic acid groups (broad SMARTS) is 1. The van der Waals surface area contributed by atoms with Crippen LogP contribution in [0.4, 0.5) is 4.79 Å². The molecule has 3 aliphatic rings. The predicted octanol–water partition coefficient (Wildman–Crippen LogP) is 1.26. The Labute approximate surface area is 168 Å². The molecule has 5 N–H and O–H groups in total. The van der Waals surface area contributed by atoms with Crippen LogP contribution in [0.25, 0.3) is 0 Å². The first-order valence-corrected chi connectivity index (χ1v) is 9.57. The maximum absolute atomic E-state index is 13.2. The summed E-state index contributed by atoms with van der Waals surface area (Å²) < 4.78 is 0. The number of carbonyl (C=O) groups excluding carboxylic acids is 1. The highest BCUT2D eigenvalue weighted by atomic mass is 16.4. The van der Waals surface area contributed by atoms with Gasteiger partial charge in [-0.3, -0.25) is 9.79 Å². The zero-order chi connectivity index (χ0) is 20.2. The lowest BCUT2D eigenvalue weighted by molar-refractivity contribution is -0.124. The van der Waals surface area contributed by atoms with Gasteiger partial charge in [-0.2, -0.15) is 0 Å². The Hall–Kier alpha value is -3.55. The van der Waals surface area contributed by atoms with E-state index < -0.39 is 6.09 Å². The minimum Gasteiger partial charge on any atom is -0.465 e. The van der Waals surface area contributed by atoms with E-state index in [9.17, 15) is 9.59 Å². The van der Waals surface area contributed by atoms with Gasteiger partial charge in [-0.15, -0.1) is 0 Å². The Kier molecular flexibility index (Phi) is 5.33. The summed E-state index contributed by atoms with van der Waals surface area (Å²) in [4.78, 5) is 28.5. The lowest BCUT2D eigenvalue weighted by Gasteiger charge is -2.22. The molecule has 29 heavy (non-hydrogen) atoms. The minimum absolute atomic E-state index is 0.104. The van der Waals surface area contributed by atoms with Crippen LogP contribution < -0.4 is 21.5 Å². The van der Waals surface area contributed by atoms with Gasteiger partial charge in [0.15, 0.2) is 0 Å². The van der Waals surface area contributed by atoms with E-state index in [0.717, 1.165) is 28.0 Å². The second-order valence-corrected chi connectivity index (χ2v) is 7.25. The summed E-state index contributed by atoms with van der Waals surface area (Å²) in [5.41, 5.74) is 11.2. The molecule has 1 unspecified atom stereocenters. The lowest BCUT2D eigenvalue weighted by atomic mass is 9.98. The summed E-state index contributed by atoms with van der Waals surface area (Å²) >= 11 is 0. The van der Waals surface area contributed by atoms with Crippen molar-refractivity contribution in [3.63, 3.8) is 0 Å². The molecule has 0 saturated heterocycles. The summed E-state index contributed by atoms with van der Waals surface area (Å²) in [7, 11) is 0. The van der Waals surface area contributed by atoms with Crippen molar-refractivity contribution < 1.29 is 14.7 Å². The van der Waals surface area contributed by atoms with Gasteiger partial charge < -0.3 is 26.6 Å². The van der Waals surface area contributed by atoms with E-state index in [2.05, 4.69) is 26.5 Å². The molecule has 1 aromatic carbocycles. The van der Waals surface area contributed by atoms with E-state index in [-0.39, 0.29) is 24.4 Å². The zero-order valence-electron chi connectivity index (χ0n) is 15.8. The van der Waals surface area contributed by atoms with Crippen molar-refractivity contribution in [2.24, 2.45) is 10.9 Å². The minimum atomic E-state index is -1.11. The number of nitrogens with zero attached hydrogens (tertiary/aromatic N) is 1. The van der Waals surface area contributed by atoms with E-state index in [1.54, 1.807) is 6.21 Å². The molecule has 1 aliphatic carbocycles. The fourth-order valence-electron chi connectivity index (χ4n) is 3.99. The fraction of sp³-hybridized carbons (Fsp3) is 0.286. The van der Waals surface area contributed by atoms with Gasteiger partial charge in [0.25, 0.3) is 0 Å². The fourth-order valence-corrected chi connectivity index (χ4v) is 3.99. The van der Waals surface area contributed by atoms with Crippen LogP contribution in [0, 0.1) is 5.92 Å². The molecule has 8 heteroatoms. The van der Waals surface area contributed by atoms with Gasteiger partial charge in [-0.05, 0) is 35.6 Å². The first kappa shape index (κ1) is 18.8. The van der Waals surface area contributed by atoms with Crippen LogP contribution in [0.2, 0.25) is 0 Å². The van der Waals surface area contributed by atoms with Crippen molar-refractivity contribution in [1.82, 2.24) is 21.5 Å². The zero-order valence-corrected chi connectivity index (χ0v) is 15.8. The maximum atomic E-state index is 13.2. The number of benzene rings is 1. The Morgan fingerprint density at radius 3 is 2.90 bits per heavy atom. The van der Waals surface area contributed by atoms with Crippen LogP contribution in [-0.2, 0) is 11.2 Å². The predicted molar refractivity (Wildman–Crippen MR) is 109 cm³/mol. The van der Waals surface area contributed by atoms with Crippen molar-refractivity contribution in [1.29, 1.82) is 0 Å². The number of carbonyl (C=O) groups is 2. The molecule has 2 amide bonds. The third-order valence-corrected chi connectivity index (χ3v) is 5.31. The summed E-state index contributed by atoms with van der Waals surface area (Å²) in [5, 5.41) is 14.4. The van der Waals surface area contributed by atoms with E-state index in [1.165, 1.54) is 0 Å². The highest BCUT2D eigenvalue weighted by Gasteiger charge is 2.37. The molecule has 0 fully saturated rings. The Morgan fingerprint density at radius 1 is 1.28 bits per heavy atom. The van der Waals surface area contributed by atoms with Gasteiger partial charge in [0, 0.05) is 24.5 Å². The number of hydrogen-bond donors (Lipinski definition) is 5. The summed E-state index contributed by atoms with van der Waals surface area (Å²) in [6, 6.07) is 9.37. The largest absolute Gasteiger partial charge is 0.465 e. The summed E-state index contributed by atoms with van der Waals surface area (Å²) in [6.07, 6.45) is 5.57. The molecule has 2 aliphatic heterocycles. The van der Waals surface area contributed by atoms with Crippen molar-refractivity contribution >= 4 is 18.2 Å². The Balaban J connectivity index is 1.52. The van der Waals surface area contributed by atoms with Gasteiger partial charge in [-0.25, -0.2) is 4.79 Å². The van der Waals surface area contributed by atoms with Gasteiger partial charge in [0.05, 0.1) is 24.2 Å². The molecular formula is C21H23N5O3. The molecule has 2 heterocycles. The van der Waals surface area contributed by atoms with Gasteiger partial charge in [0.1, 0.15) is 0 Å². The van der Waals surface area contributed by atoms with Crippen molar-refractivity contribution in [2.75, 3.05) is 13.1 Å². The van der Waals surface area contributed by atoms with Crippen LogP contribution >= 0.6 is 0 Å². The van der Waals surface area contributed by atoms with E-state index >= 15 is 0 Å². The number of aliphatic imine (C=N–C) groups is 1. The molecular weight excluding hydrogens is 370 g/mol. The average Bonchev–Trinajstić information content (AvgIpc) is 2.95. The smallest absolute Gasteiger partial charge is 0.404 e. The number of hydrogen-bond acceptors (Lipinski definition) is 5.